The summed E-state index contributed by atoms with van der Waals surface area (Å²) < 4.78 is 0. The second kappa shape index (κ2) is 14.6. The van der Waals surface area contributed by atoms with E-state index in [0.717, 1.165) is 0 Å². The zero-order valence-electron chi connectivity index (χ0n) is 17.8. The van der Waals surface area contributed by atoms with Gasteiger partial charge in [-0.1, -0.05) is 90.9 Å². The molecule has 2 aliphatic rings. The first-order valence-electron chi connectivity index (χ1n) is 9.06. The third-order valence-corrected chi connectivity index (χ3v) is 4.28. The van der Waals surface area contributed by atoms with Crippen molar-refractivity contribution in [1.82, 2.24) is 0 Å². The van der Waals surface area contributed by atoms with Gasteiger partial charge in [-0.05, 0) is 0 Å². The van der Waals surface area contributed by atoms with E-state index in [-0.39, 0.29) is 24.8 Å². The number of halogens is 2. The Kier molecular flexibility index (Phi) is 17.6. The normalized spacial score (nSPS) is 20.5. The molecule has 2 atom stereocenters. The predicted octanol–water partition coefficient (Wildman–Crippen LogP) is -0.195. The molecule has 2 rings (SSSR count). The Morgan fingerprint density at radius 3 is 1.15 bits per heavy atom. The summed E-state index contributed by atoms with van der Waals surface area (Å²) in [6.07, 6.45) is 18.0. The Morgan fingerprint density at radius 1 is 0.769 bits per heavy atom. The zero-order chi connectivity index (χ0) is 19.0. The first-order chi connectivity index (χ1) is 11.1. The summed E-state index contributed by atoms with van der Waals surface area (Å²) in [5.41, 5.74) is 3.47. The van der Waals surface area contributed by atoms with E-state index in [9.17, 15) is 0 Å². The van der Waals surface area contributed by atoms with E-state index in [1.807, 2.05) is 6.88 Å². The molecule has 0 N–H and O–H groups in total. The van der Waals surface area contributed by atoms with Crippen LogP contribution in [0.5, 0.6) is 0 Å². The summed E-state index contributed by atoms with van der Waals surface area (Å²) in [5.74, 6) is 1.15. The molecule has 0 saturated heterocycles. The Hall–Kier alpha value is 0.640. The van der Waals surface area contributed by atoms with Crippen LogP contribution in [0.1, 0.15) is 68.2 Å². The maximum atomic E-state index is 3.35. The van der Waals surface area contributed by atoms with Gasteiger partial charge in [-0.2, -0.15) is 23.3 Å². The van der Waals surface area contributed by atoms with E-state index in [0.29, 0.717) is 22.7 Å². The monoisotopic (exact) mass is 488 g/mol. The number of rotatable bonds is 2. The van der Waals surface area contributed by atoms with Gasteiger partial charge in [0.2, 0.25) is 0 Å². The van der Waals surface area contributed by atoms with Crippen LogP contribution in [0, 0.1) is 34.8 Å². The van der Waals surface area contributed by atoms with Crippen molar-refractivity contribution in [2.24, 2.45) is 22.7 Å². The quantitative estimate of drug-likeness (QED) is 0.372. The Bertz CT molecular complexity index is 459. The van der Waals surface area contributed by atoms with Crippen molar-refractivity contribution in [3.05, 3.63) is 47.6 Å². The molecule has 0 fully saturated rings. The van der Waals surface area contributed by atoms with Gasteiger partial charge in [0.15, 0.2) is 0 Å². The van der Waals surface area contributed by atoms with Crippen LogP contribution in [0.15, 0.2) is 35.5 Å². The first kappa shape index (κ1) is 31.3. The van der Waals surface area contributed by atoms with Gasteiger partial charge in [-0.15, -0.1) is 0 Å². The molecular formula is C22H36Cl2SiZr-2. The fourth-order valence-electron chi connectivity index (χ4n) is 2.42. The molecule has 0 aromatic heterocycles. The van der Waals surface area contributed by atoms with Crippen LogP contribution in [-0.2, 0) is 23.3 Å². The third-order valence-electron chi connectivity index (χ3n) is 4.28. The predicted molar refractivity (Wildman–Crippen MR) is 107 cm³/mol. The van der Waals surface area contributed by atoms with Gasteiger partial charge >= 0.3 is 30.2 Å². The molecule has 2 aliphatic carbocycles. The minimum atomic E-state index is 0. The van der Waals surface area contributed by atoms with Crippen LogP contribution in [0.4, 0.5) is 0 Å². The molecule has 0 radical (unpaired) electrons. The zero-order valence-corrected chi connectivity index (χ0v) is 23.2. The number of hydrogen-bond acceptors (Lipinski definition) is 0. The fraction of sp³-hybridized carbons (Fsp3) is 0.636. The van der Waals surface area contributed by atoms with Crippen molar-refractivity contribution < 1.29 is 48.1 Å². The van der Waals surface area contributed by atoms with Crippen LogP contribution in [-0.4, -0.2) is 6.88 Å². The summed E-state index contributed by atoms with van der Waals surface area (Å²) in [6, 6.07) is 0. The summed E-state index contributed by atoms with van der Waals surface area (Å²) >= 11 is 1.58. The Balaban J connectivity index is -0.000000347. The first-order valence-corrected chi connectivity index (χ1v) is 15.0. The van der Waals surface area contributed by atoms with Gasteiger partial charge in [0.1, 0.15) is 0 Å². The molecule has 0 amide bonds. The van der Waals surface area contributed by atoms with Gasteiger partial charge in [-0.25, -0.2) is 12.2 Å². The van der Waals surface area contributed by atoms with Crippen LogP contribution in [0.2, 0.25) is 0 Å². The average molecular weight is 491 g/mol. The number of hydrogen-bond donors (Lipinski definition) is 0. The van der Waals surface area contributed by atoms with Crippen molar-refractivity contribution >= 4 is 6.88 Å². The molecule has 0 aromatic rings. The van der Waals surface area contributed by atoms with E-state index in [2.05, 4.69) is 91.8 Å². The molecule has 0 spiro atoms. The second-order valence-electron chi connectivity index (χ2n) is 8.40. The fourth-order valence-corrected chi connectivity index (χ4v) is 2.42. The van der Waals surface area contributed by atoms with E-state index >= 15 is 0 Å². The van der Waals surface area contributed by atoms with Gasteiger partial charge in [0.25, 0.3) is 0 Å². The Morgan fingerprint density at radius 2 is 1.04 bits per heavy atom. The van der Waals surface area contributed by atoms with Crippen LogP contribution in [0.3, 0.4) is 0 Å². The molecule has 0 aromatic carbocycles. The van der Waals surface area contributed by atoms with Gasteiger partial charge in [0, 0.05) is 0 Å². The molecule has 0 heterocycles. The minimum absolute atomic E-state index is 0. The molecular weight excluding hydrogens is 454 g/mol. The molecule has 0 bridgehead atoms. The van der Waals surface area contributed by atoms with Crippen molar-refractivity contribution in [2.45, 2.75) is 68.2 Å². The summed E-state index contributed by atoms with van der Waals surface area (Å²) in [7, 11) is 0. The average Bonchev–Trinajstić information content (AvgIpc) is 3.18. The van der Waals surface area contributed by atoms with E-state index < -0.39 is 0 Å². The van der Waals surface area contributed by atoms with Gasteiger partial charge in [-0.3, -0.25) is 12.2 Å². The van der Waals surface area contributed by atoms with Crippen LogP contribution in [0.25, 0.3) is 0 Å². The van der Waals surface area contributed by atoms with Gasteiger partial charge < -0.3 is 24.8 Å². The molecule has 0 aliphatic heterocycles. The topological polar surface area (TPSA) is 0 Å². The number of allylic oxidation sites excluding steroid dienone is 8. The second-order valence-corrected chi connectivity index (χ2v) is 8.40. The molecule has 26 heavy (non-hydrogen) atoms. The summed E-state index contributed by atoms with van der Waals surface area (Å²) in [5, 5.41) is 0. The molecule has 0 saturated carbocycles. The van der Waals surface area contributed by atoms with Gasteiger partial charge in [0.05, 0.1) is 0 Å². The SMILES string of the molecule is CCC1[C-]=CC(C(C)(C)C)=C1.CCC1[C-]=CC(C(C)(C)C)=C1.[Cl-].[Cl-].[SiH2]=[Zr+2]. The molecule has 2 unspecified atom stereocenters. The van der Waals surface area contributed by atoms with E-state index in [1.165, 1.54) is 24.0 Å². The van der Waals surface area contributed by atoms with Crippen LogP contribution < -0.4 is 24.8 Å². The third kappa shape index (κ3) is 11.5. The molecule has 148 valence electrons. The van der Waals surface area contributed by atoms with Crippen molar-refractivity contribution in [3.63, 3.8) is 0 Å². The van der Waals surface area contributed by atoms with Crippen molar-refractivity contribution in [1.29, 1.82) is 0 Å². The maximum absolute atomic E-state index is 3.35. The van der Waals surface area contributed by atoms with Crippen molar-refractivity contribution in [3.8, 4) is 0 Å². The molecule has 4 heteroatoms. The Labute approximate surface area is 192 Å². The molecule has 0 nitrogen and oxygen atoms in total. The summed E-state index contributed by atoms with van der Waals surface area (Å²) in [4.78, 5) is 0. The van der Waals surface area contributed by atoms with Crippen molar-refractivity contribution in [2.75, 3.05) is 0 Å². The van der Waals surface area contributed by atoms with Crippen LogP contribution >= 0.6 is 0 Å². The van der Waals surface area contributed by atoms with E-state index in [4.69, 9.17) is 0 Å². The summed E-state index contributed by atoms with van der Waals surface area (Å²) in [6.45, 7) is 19.8. The van der Waals surface area contributed by atoms with E-state index in [1.54, 1.807) is 23.3 Å². The standard InChI is InChI=1S/2C11H17.2ClH.H2Si.Zr/c2*1-5-9-6-7-10(8-9)11(2,3)4;;;;/h2*7-9H,5H2,1-4H3;2*1H;1H2;/q2*-1;;;;+2/p-2.